The quantitative estimate of drug-likeness (QED) is 0.537. The molecule has 0 amide bonds. The van der Waals surface area contributed by atoms with E-state index in [1.807, 2.05) is 48.5 Å². The first kappa shape index (κ1) is 18.4. The van der Waals surface area contributed by atoms with Crippen molar-refractivity contribution in [2.45, 2.75) is 6.61 Å². The van der Waals surface area contributed by atoms with Gasteiger partial charge in [-0.1, -0.05) is 0 Å². The van der Waals surface area contributed by atoms with Crippen LogP contribution in [0.25, 0.3) is 0 Å². The summed E-state index contributed by atoms with van der Waals surface area (Å²) in [5, 5.41) is 3.30. The zero-order chi connectivity index (χ0) is 19.1. The van der Waals surface area contributed by atoms with Gasteiger partial charge in [-0.2, -0.15) is 8.78 Å². The highest BCUT2D eigenvalue weighted by molar-refractivity contribution is 5.82. The lowest BCUT2D eigenvalue weighted by Crippen LogP contribution is -2.01. The van der Waals surface area contributed by atoms with Crippen molar-refractivity contribution >= 4 is 23.3 Å². The molecule has 0 bridgehead atoms. The highest BCUT2D eigenvalue weighted by Crippen LogP contribution is 2.22. The molecule has 0 saturated carbocycles. The van der Waals surface area contributed by atoms with Crippen molar-refractivity contribution in [3.63, 3.8) is 0 Å². The third kappa shape index (κ3) is 5.54. The molecular formula is C21H18F2N2O2. The molecular weight excluding hydrogens is 350 g/mol. The average molecular weight is 368 g/mol. The topological polar surface area (TPSA) is 42.8 Å². The number of nitrogens with zero attached hydrogens (tertiary/aromatic N) is 1. The predicted molar refractivity (Wildman–Crippen MR) is 103 cm³/mol. The van der Waals surface area contributed by atoms with Crippen molar-refractivity contribution in [2.24, 2.45) is 4.99 Å². The molecule has 0 unspecified atom stereocenters. The van der Waals surface area contributed by atoms with Gasteiger partial charge in [-0.25, -0.2) is 0 Å². The molecule has 0 aliphatic heterocycles. The zero-order valence-corrected chi connectivity index (χ0v) is 14.6. The number of alkyl halides is 2. The van der Waals surface area contributed by atoms with E-state index in [1.165, 1.54) is 12.1 Å². The van der Waals surface area contributed by atoms with Gasteiger partial charge in [0.1, 0.15) is 11.5 Å². The maximum absolute atomic E-state index is 12.1. The Bertz CT molecular complexity index is 878. The minimum atomic E-state index is -2.82. The third-order valence-corrected chi connectivity index (χ3v) is 3.71. The molecule has 3 aromatic rings. The zero-order valence-electron chi connectivity index (χ0n) is 14.6. The van der Waals surface area contributed by atoms with Crippen LogP contribution in [-0.2, 0) is 0 Å². The van der Waals surface area contributed by atoms with Gasteiger partial charge in [-0.15, -0.1) is 0 Å². The van der Waals surface area contributed by atoms with Crippen molar-refractivity contribution in [1.82, 2.24) is 0 Å². The fraction of sp³-hybridized carbons (Fsp3) is 0.0952. The number of hydrogen-bond donors (Lipinski definition) is 1. The molecule has 0 spiro atoms. The summed E-state index contributed by atoms with van der Waals surface area (Å²) in [5.74, 6) is 0.926. The van der Waals surface area contributed by atoms with E-state index >= 15 is 0 Å². The third-order valence-electron chi connectivity index (χ3n) is 3.71. The Morgan fingerprint density at radius 2 is 1.37 bits per heavy atom. The van der Waals surface area contributed by atoms with Crippen molar-refractivity contribution in [3.05, 3.63) is 78.4 Å². The number of rotatable bonds is 7. The van der Waals surface area contributed by atoms with E-state index in [9.17, 15) is 8.78 Å². The fourth-order valence-electron chi connectivity index (χ4n) is 2.36. The smallest absolute Gasteiger partial charge is 0.387 e. The molecule has 6 heteroatoms. The number of methoxy groups -OCH3 is 1. The summed E-state index contributed by atoms with van der Waals surface area (Å²) in [5.41, 5.74) is 3.46. The molecule has 3 aromatic carbocycles. The molecule has 4 nitrogen and oxygen atoms in total. The standard InChI is InChI=1S/C21H18F2N2O2/c1-26-19-12-8-18(9-13-19)25-17-6-4-16(5-7-17)24-14-15-2-10-20(11-3-15)27-21(22)23/h2-14,21,25H,1H3. The Kier molecular flexibility index (Phi) is 5.99. The Labute approximate surface area is 156 Å². The van der Waals surface area contributed by atoms with Gasteiger partial charge in [0.25, 0.3) is 0 Å². The number of hydrogen-bond acceptors (Lipinski definition) is 4. The summed E-state index contributed by atoms with van der Waals surface area (Å²) >= 11 is 0. The van der Waals surface area contributed by atoms with Gasteiger partial charge in [0.2, 0.25) is 0 Å². The van der Waals surface area contributed by atoms with Gasteiger partial charge in [0.15, 0.2) is 0 Å². The van der Waals surface area contributed by atoms with Crippen LogP contribution in [0.2, 0.25) is 0 Å². The number of aliphatic imine (C=N–C) groups is 1. The summed E-state index contributed by atoms with van der Waals surface area (Å²) in [6, 6.07) is 21.6. The summed E-state index contributed by atoms with van der Waals surface area (Å²) in [6.45, 7) is -2.82. The SMILES string of the molecule is COc1ccc(Nc2ccc(N=Cc3ccc(OC(F)F)cc3)cc2)cc1. The minimum Gasteiger partial charge on any atom is -0.497 e. The van der Waals surface area contributed by atoms with Crippen LogP contribution in [0.4, 0.5) is 25.8 Å². The maximum Gasteiger partial charge on any atom is 0.387 e. The van der Waals surface area contributed by atoms with E-state index < -0.39 is 6.61 Å². The molecule has 0 aliphatic rings. The van der Waals surface area contributed by atoms with Gasteiger partial charge < -0.3 is 14.8 Å². The van der Waals surface area contributed by atoms with Crippen LogP contribution in [0, 0.1) is 0 Å². The molecule has 0 saturated heterocycles. The van der Waals surface area contributed by atoms with E-state index in [2.05, 4.69) is 15.0 Å². The lowest BCUT2D eigenvalue weighted by atomic mass is 10.2. The van der Waals surface area contributed by atoms with Crippen molar-refractivity contribution < 1.29 is 18.3 Å². The van der Waals surface area contributed by atoms with Gasteiger partial charge in [0.05, 0.1) is 12.8 Å². The van der Waals surface area contributed by atoms with Gasteiger partial charge >= 0.3 is 6.61 Å². The Morgan fingerprint density at radius 1 is 0.815 bits per heavy atom. The van der Waals surface area contributed by atoms with E-state index in [0.29, 0.717) is 0 Å². The second kappa shape index (κ2) is 8.80. The van der Waals surface area contributed by atoms with Crippen LogP contribution < -0.4 is 14.8 Å². The molecule has 3 rings (SSSR count). The lowest BCUT2D eigenvalue weighted by Gasteiger charge is -2.07. The van der Waals surface area contributed by atoms with Crippen LogP contribution in [0.5, 0.6) is 11.5 Å². The first-order chi connectivity index (χ1) is 13.1. The highest BCUT2D eigenvalue weighted by atomic mass is 19.3. The number of nitrogens with one attached hydrogen (secondary N) is 1. The van der Waals surface area contributed by atoms with E-state index in [0.717, 1.165) is 28.4 Å². The molecule has 0 fully saturated rings. The van der Waals surface area contributed by atoms with Crippen LogP contribution >= 0.6 is 0 Å². The average Bonchev–Trinajstić information content (AvgIpc) is 2.69. The first-order valence-corrected chi connectivity index (χ1v) is 8.22. The van der Waals surface area contributed by atoms with Crippen LogP contribution in [0.1, 0.15) is 5.56 Å². The molecule has 0 aromatic heterocycles. The minimum absolute atomic E-state index is 0.121. The number of benzene rings is 3. The second-order valence-electron chi connectivity index (χ2n) is 5.61. The van der Waals surface area contributed by atoms with Gasteiger partial charge in [-0.3, -0.25) is 4.99 Å². The van der Waals surface area contributed by atoms with Crippen molar-refractivity contribution in [2.75, 3.05) is 12.4 Å². The normalized spacial score (nSPS) is 11.0. The summed E-state index contributed by atoms with van der Waals surface area (Å²) in [6.07, 6.45) is 1.66. The number of halogens is 2. The maximum atomic E-state index is 12.1. The predicted octanol–water partition coefficient (Wildman–Crippen LogP) is 5.79. The summed E-state index contributed by atoms with van der Waals surface area (Å²) in [4.78, 5) is 4.38. The Hall–Kier alpha value is -3.41. The lowest BCUT2D eigenvalue weighted by molar-refractivity contribution is -0.0498. The van der Waals surface area contributed by atoms with Gasteiger partial charge in [-0.05, 0) is 78.4 Å². The molecule has 0 heterocycles. The van der Waals surface area contributed by atoms with Crippen LogP contribution in [-0.4, -0.2) is 19.9 Å². The molecule has 1 N–H and O–H groups in total. The second-order valence-corrected chi connectivity index (χ2v) is 5.61. The first-order valence-electron chi connectivity index (χ1n) is 8.22. The number of anilines is 2. The molecule has 0 radical (unpaired) electrons. The van der Waals surface area contributed by atoms with E-state index in [4.69, 9.17) is 4.74 Å². The van der Waals surface area contributed by atoms with E-state index in [1.54, 1.807) is 25.5 Å². The summed E-state index contributed by atoms with van der Waals surface area (Å²) in [7, 11) is 1.63. The van der Waals surface area contributed by atoms with Crippen molar-refractivity contribution in [3.8, 4) is 11.5 Å². The fourth-order valence-corrected chi connectivity index (χ4v) is 2.36. The molecule has 0 atom stereocenters. The summed E-state index contributed by atoms with van der Waals surface area (Å²) < 4.78 is 33.7. The van der Waals surface area contributed by atoms with Crippen LogP contribution in [0.3, 0.4) is 0 Å². The Balaban J connectivity index is 1.60. The largest absolute Gasteiger partial charge is 0.497 e. The number of ether oxygens (including phenoxy) is 2. The van der Waals surface area contributed by atoms with Crippen LogP contribution in [0.15, 0.2) is 77.8 Å². The highest BCUT2D eigenvalue weighted by Gasteiger charge is 2.03. The molecule has 27 heavy (non-hydrogen) atoms. The molecule has 0 aliphatic carbocycles. The monoisotopic (exact) mass is 368 g/mol. The van der Waals surface area contributed by atoms with Gasteiger partial charge in [0, 0.05) is 17.6 Å². The Morgan fingerprint density at radius 3 is 1.93 bits per heavy atom. The van der Waals surface area contributed by atoms with Crippen molar-refractivity contribution in [1.29, 1.82) is 0 Å². The molecule has 138 valence electrons. The van der Waals surface area contributed by atoms with E-state index in [-0.39, 0.29) is 5.75 Å².